The first kappa shape index (κ1) is 22.7. The van der Waals surface area contributed by atoms with E-state index in [0.29, 0.717) is 8.32 Å². The summed E-state index contributed by atoms with van der Waals surface area (Å²) < 4.78 is 0.762. The Kier molecular flexibility index (Phi) is 5.26. The molecule has 0 nitrogen and oxygen atoms in total. The van der Waals surface area contributed by atoms with Crippen molar-refractivity contribution >= 4 is 98.2 Å². The van der Waals surface area contributed by atoms with Crippen LogP contribution in [0.5, 0.6) is 0 Å². The van der Waals surface area contributed by atoms with E-state index in [0.717, 1.165) is 0 Å². The number of rotatable bonds is 2. The van der Waals surface area contributed by atoms with E-state index in [2.05, 4.69) is 109 Å². The van der Waals surface area contributed by atoms with E-state index in [9.17, 15) is 0 Å². The van der Waals surface area contributed by atoms with Crippen LogP contribution in [0.4, 0.5) is 0 Å². The molecule has 4 aliphatic rings. The number of benzene rings is 2. The molecule has 5 heteroatoms. The highest BCUT2D eigenvalue weighted by Crippen LogP contribution is 2.41. The van der Waals surface area contributed by atoms with E-state index < -0.39 is 8.07 Å². The summed E-state index contributed by atoms with van der Waals surface area (Å²) in [5.41, 5.74) is 8.68. The van der Waals surface area contributed by atoms with Crippen molar-refractivity contribution < 1.29 is 0 Å². The first-order valence-electron chi connectivity index (χ1n) is 11.4. The van der Waals surface area contributed by atoms with E-state index in [1.165, 1.54) is 64.1 Å². The quantitative estimate of drug-likeness (QED) is 0.295. The predicted octanol–water partition coefficient (Wildman–Crippen LogP) is 6.14. The number of alkyl halides is 2. The van der Waals surface area contributed by atoms with E-state index >= 15 is 0 Å². The lowest BCUT2D eigenvalue weighted by Crippen LogP contribution is -2.38. The SMILES string of the molecule is CC1=Cc2c(C)c3c(cc2=C1[Si](C)(C)C1=c2cc4c(c(C)c2C=C1C)=CC(Br)S4)SC(Br)C=3. The van der Waals surface area contributed by atoms with Gasteiger partial charge in [0.25, 0.3) is 0 Å². The second kappa shape index (κ2) is 7.64. The van der Waals surface area contributed by atoms with E-state index in [1.54, 1.807) is 10.4 Å². The Bertz CT molecular complexity index is 1490. The van der Waals surface area contributed by atoms with Crippen molar-refractivity contribution in [2.24, 2.45) is 0 Å². The third-order valence-corrected chi connectivity index (χ3v) is 15.0. The molecule has 2 atom stereocenters. The normalized spacial score (nSPS) is 22.4. The van der Waals surface area contributed by atoms with Gasteiger partial charge in [0.15, 0.2) is 0 Å². The fourth-order valence-electron chi connectivity index (χ4n) is 6.39. The molecule has 0 radical (unpaired) electrons. The molecule has 2 aliphatic carbocycles. The van der Waals surface area contributed by atoms with Crippen LogP contribution in [0.15, 0.2) is 33.1 Å². The number of thioether (sulfide) groups is 2. The fourth-order valence-corrected chi connectivity index (χ4v) is 14.2. The lowest BCUT2D eigenvalue weighted by Gasteiger charge is -2.29. The second-order valence-corrected chi connectivity index (χ2v) is 19.9. The summed E-state index contributed by atoms with van der Waals surface area (Å²) in [4.78, 5) is 2.85. The number of hydrogen-bond acceptors (Lipinski definition) is 2. The maximum absolute atomic E-state index is 3.80. The van der Waals surface area contributed by atoms with Crippen LogP contribution < -0.4 is 20.9 Å². The maximum Gasteiger partial charge on any atom is 0.114 e. The Balaban J connectivity index is 1.66. The standard InChI is InChI=1S/C28H26Br2S2Si/c1-13-7-17-15(3)19-11-25(29)31-23(19)9-21(17)27(13)33(5,6)28-14(2)8-18-16(4)20-12-26(30)32-24(20)10-22(18)28/h7-12,25-26H,1-6H3. The average molecular weight is 615 g/mol. The molecule has 33 heavy (non-hydrogen) atoms. The van der Waals surface area contributed by atoms with Crippen molar-refractivity contribution in [2.45, 2.75) is 58.9 Å². The van der Waals surface area contributed by atoms with Crippen molar-refractivity contribution in [3.05, 3.63) is 66.4 Å². The van der Waals surface area contributed by atoms with Gasteiger partial charge in [0.1, 0.15) is 8.07 Å². The number of allylic oxidation sites excluding steroid dienone is 2. The van der Waals surface area contributed by atoms with Crippen LogP contribution in [0.3, 0.4) is 0 Å². The molecule has 2 heterocycles. The molecule has 2 aliphatic heterocycles. The summed E-state index contributed by atoms with van der Waals surface area (Å²) in [5.74, 6) is 0. The molecule has 0 aromatic heterocycles. The molecule has 2 unspecified atom stereocenters. The molecule has 2 aromatic rings. The van der Waals surface area contributed by atoms with Crippen LogP contribution in [0.2, 0.25) is 13.1 Å². The highest BCUT2D eigenvalue weighted by atomic mass is 79.9. The summed E-state index contributed by atoms with van der Waals surface area (Å²) in [6.07, 6.45) is 9.64. The van der Waals surface area contributed by atoms with Crippen LogP contribution in [0, 0.1) is 13.8 Å². The first-order valence-corrected chi connectivity index (χ1v) is 18.0. The van der Waals surface area contributed by atoms with Crippen LogP contribution in [-0.4, -0.2) is 16.4 Å². The summed E-state index contributed by atoms with van der Waals surface area (Å²) in [6, 6.07) is 4.97. The summed E-state index contributed by atoms with van der Waals surface area (Å²) in [6.45, 7) is 14.4. The highest BCUT2D eigenvalue weighted by Gasteiger charge is 2.38. The monoisotopic (exact) mass is 612 g/mol. The third-order valence-electron chi connectivity index (χ3n) is 7.65. The van der Waals surface area contributed by atoms with Gasteiger partial charge in [-0.2, -0.15) is 0 Å². The van der Waals surface area contributed by atoms with Gasteiger partial charge in [0, 0.05) is 9.79 Å². The topological polar surface area (TPSA) is 0 Å². The molecular formula is C28H26Br2S2Si. The van der Waals surface area contributed by atoms with Gasteiger partial charge in [-0.1, -0.05) is 80.4 Å². The Morgan fingerprint density at radius 3 is 1.48 bits per heavy atom. The smallest absolute Gasteiger partial charge is 0.106 e. The predicted molar refractivity (Wildman–Crippen MR) is 159 cm³/mol. The zero-order chi connectivity index (χ0) is 23.4. The molecular weight excluding hydrogens is 588 g/mol. The maximum atomic E-state index is 3.80. The fraction of sp³-hybridized carbons (Fsp3) is 0.286. The number of fused-ring (bicyclic) bond motifs is 4. The third kappa shape index (κ3) is 3.22. The molecule has 6 rings (SSSR count). The number of halogens is 2. The van der Waals surface area contributed by atoms with E-state index in [-0.39, 0.29) is 0 Å². The minimum absolute atomic E-state index is 0.381. The van der Waals surface area contributed by atoms with Crippen molar-refractivity contribution in [3.63, 3.8) is 0 Å². The van der Waals surface area contributed by atoms with Gasteiger partial charge in [-0.25, -0.2) is 0 Å². The largest absolute Gasteiger partial charge is 0.114 e. The van der Waals surface area contributed by atoms with Crippen LogP contribution in [0.25, 0.3) is 34.7 Å². The molecule has 0 saturated heterocycles. The lowest BCUT2D eigenvalue weighted by molar-refractivity contribution is 1.26. The van der Waals surface area contributed by atoms with Gasteiger partial charge in [0.05, 0.1) is 8.32 Å². The van der Waals surface area contributed by atoms with Gasteiger partial charge in [-0.15, -0.1) is 23.5 Å². The summed E-state index contributed by atoms with van der Waals surface area (Å²) in [5, 5.41) is 9.05. The Morgan fingerprint density at radius 1 is 0.697 bits per heavy atom. The molecule has 0 N–H and O–H groups in total. The van der Waals surface area contributed by atoms with Crippen LogP contribution in [0.1, 0.15) is 36.1 Å². The second-order valence-electron chi connectivity index (χ2n) is 10.1. The zero-order valence-electron chi connectivity index (χ0n) is 19.7. The van der Waals surface area contributed by atoms with Gasteiger partial charge in [-0.05, 0) is 93.3 Å². The number of hydrogen-bond donors (Lipinski definition) is 0. The van der Waals surface area contributed by atoms with Gasteiger partial charge in [0.2, 0.25) is 0 Å². The summed E-state index contributed by atoms with van der Waals surface area (Å²) in [7, 11) is -1.98. The lowest BCUT2D eigenvalue weighted by atomic mass is 10.1. The van der Waals surface area contributed by atoms with Gasteiger partial charge < -0.3 is 0 Å². The van der Waals surface area contributed by atoms with E-state index in [1.807, 2.05) is 23.5 Å². The molecule has 0 amide bonds. The zero-order valence-corrected chi connectivity index (χ0v) is 25.5. The van der Waals surface area contributed by atoms with E-state index in [4.69, 9.17) is 0 Å². The van der Waals surface area contributed by atoms with Gasteiger partial charge >= 0.3 is 0 Å². The molecule has 0 bridgehead atoms. The van der Waals surface area contributed by atoms with Crippen LogP contribution >= 0.6 is 55.4 Å². The van der Waals surface area contributed by atoms with Crippen molar-refractivity contribution in [3.8, 4) is 0 Å². The van der Waals surface area contributed by atoms with Crippen molar-refractivity contribution in [1.82, 2.24) is 0 Å². The average Bonchev–Trinajstić information content (AvgIpc) is 3.45. The minimum Gasteiger partial charge on any atom is -0.106 e. The van der Waals surface area contributed by atoms with Gasteiger partial charge in [-0.3, -0.25) is 0 Å². The molecule has 0 saturated carbocycles. The highest BCUT2D eigenvalue weighted by molar-refractivity contribution is 9.11. The molecule has 0 spiro atoms. The summed E-state index contributed by atoms with van der Waals surface area (Å²) >= 11 is 11.5. The Hall–Kier alpha value is -0.723. The molecule has 0 fully saturated rings. The Labute approximate surface area is 222 Å². The van der Waals surface area contributed by atoms with Crippen molar-refractivity contribution in [1.29, 1.82) is 0 Å². The minimum atomic E-state index is -1.98. The first-order chi connectivity index (χ1) is 15.6. The Morgan fingerprint density at radius 2 is 1.09 bits per heavy atom. The van der Waals surface area contributed by atoms with Crippen molar-refractivity contribution in [2.75, 3.05) is 0 Å². The molecule has 2 aromatic carbocycles. The molecule has 168 valence electrons. The van der Waals surface area contributed by atoms with Crippen LogP contribution in [-0.2, 0) is 0 Å².